The summed E-state index contributed by atoms with van der Waals surface area (Å²) >= 11 is 0. The summed E-state index contributed by atoms with van der Waals surface area (Å²) in [6.45, 7) is 2.01. The van der Waals surface area contributed by atoms with Crippen LogP contribution in [0.1, 0.15) is 28.9 Å². The summed E-state index contributed by atoms with van der Waals surface area (Å²) in [4.78, 5) is 16.1. The molecule has 104 valence electrons. The summed E-state index contributed by atoms with van der Waals surface area (Å²) < 4.78 is 7.16. The van der Waals surface area contributed by atoms with Crippen LogP contribution in [0.5, 0.6) is 5.75 Å². The monoisotopic (exact) mass is 271 g/mol. The molecule has 3 rings (SSSR count). The number of amides is 1. The molecule has 1 aliphatic rings. The highest BCUT2D eigenvalue weighted by atomic mass is 16.5. The number of nitrogens with zero attached hydrogens (tertiary/aromatic N) is 2. The molecule has 0 aliphatic heterocycles. The lowest BCUT2D eigenvalue weighted by Crippen LogP contribution is -2.25. The number of nitrogens with one attached hydrogen (secondary N) is 1. The second-order valence-electron chi connectivity index (χ2n) is 5.09. The van der Waals surface area contributed by atoms with Gasteiger partial charge >= 0.3 is 0 Å². The van der Waals surface area contributed by atoms with Crippen LogP contribution in [-0.2, 0) is 0 Å². The molecule has 1 aromatic carbocycles. The zero-order valence-electron chi connectivity index (χ0n) is 11.6. The molecular weight excluding hydrogens is 254 g/mol. The van der Waals surface area contributed by atoms with Gasteiger partial charge in [0.2, 0.25) is 0 Å². The Morgan fingerprint density at radius 3 is 2.95 bits per heavy atom. The molecule has 1 saturated carbocycles. The molecule has 1 fully saturated rings. The van der Waals surface area contributed by atoms with Crippen LogP contribution in [0.4, 0.5) is 0 Å². The maximum absolute atomic E-state index is 11.9. The van der Waals surface area contributed by atoms with Gasteiger partial charge in [-0.15, -0.1) is 0 Å². The number of hydrogen-bond donors (Lipinski definition) is 1. The zero-order valence-corrected chi connectivity index (χ0v) is 11.6. The van der Waals surface area contributed by atoms with Crippen molar-refractivity contribution >= 4 is 5.91 Å². The molecule has 0 atom stereocenters. The lowest BCUT2D eigenvalue weighted by molar-refractivity contribution is 0.0946. The summed E-state index contributed by atoms with van der Waals surface area (Å²) in [5.74, 6) is 0.639. The van der Waals surface area contributed by atoms with Crippen molar-refractivity contribution in [3.63, 3.8) is 0 Å². The molecule has 1 aromatic heterocycles. The normalized spacial score (nSPS) is 14.1. The third kappa shape index (κ3) is 2.52. The van der Waals surface area contributed by atoms with Crippen LogP contribution in [0.2, 0.25) is 0 Å². The number of carbonyl (C=O) groups is 1. The third-order valence-corrected chi connectivity index (χ3v) is 3.34. The van der Waals surface area contributed by atoms with Gasteiger partial charge in [-0.3, -0.25) is 4.79 Å². The molecule has 5 nitrogen and oxygen atoms in total. The standard InChI is InChI=1S/C15H17N3O2/c1-10-3-6-14(20-2)13(7-10)18-8-12(16-9-18)15(19)17-11-4-5-11/h3,6-9,11H,4-5H2,1-2H3,(H,17,19). The number of aromatic nitrogens is 2. The van der Waals surface area contributed by atoms with Gasteiger partial charge in [-0.1, -0.05) is 6.07 Å². The number of rotatable bonds is 4. The van der Waals surface area contributed by atoms with E-state index >= 15 is 0 Å². The van der Waals surface area contributed by atoms with Gasteiger partial charge < -0.3 is 14.6 Å². The summed E-state index contributed by atoms with van der Waals surface area (Å²) in [7, 11) is 1.63. The van der Waals surface area contributed by atoms with Gasteiger partial charge in [0, 0.05) is 12.2 Å². The Morgan fingerprint density at radius 1 is 1.45 bits per heavy atom. The number of carbonyl (C=O) groups excluding carboxylic acids is 1. The largest absolute Gasteiger partial charge is 0.495 e. The van der Waals surface area contributed by atoms with Gasteiger partial charge in [-0.05, 0) is 37.5 Å². The Balaban J connectivity index is 1.89. The van der Waals surface area contributed by atoms with Gasteiger partial charge in [0.15, 0.2) is 0 Å². The van der Waals surface area contributed by atoms with Crippen molar-refractivity contribution in [3.8, 4) is 11.4 Å². The summed E-state index contributed by atoms with van der Waals surface area (Å²) in [5.41, 5.74) is 2.43. The zero-order chi connectivity index (χ0) is 14.1. The average molecular weight is 271 g/mol. The Bertz CT molecular complexity index is 644. The predicted octanol–water partition coefficient (Wildman–Crippen LogP) is 2.08. The number of hydrogen-bond acceptors (Lipinski definition) is 3. The van der Waals surface area contributed by atoms with E-state index in [1.54, 1.807) is 19.6 Å². The summed E-state index contributed by atoms with van der Waals surface area (Å²) in [5, 5.41) is 2.93. The average Bonchev–Trinajstić information content (AvgIpc) is 3.11. The van der Waals surface area contributed by atoms with E-state index in [0.717, 1.165) is 29.8 Å². The molecule has 0 spiro atoms. The summed E-state index contributed by atoms with van der Waals surface area (Å²) in [6, 6.07) is 6.23. The highest BCUT2D eigenvalue weighted by molar-refractivity contribution is 5.92. The number of aryl methyl sites for hydroxylation is 1. The number of imidazole rings is 1. The molecule has 1 heterocycles. The van der Waals surface area contributed by atoms with Crippen molar-refractivity contribution in [3.05, 3.63) is 42.0 Å². The van der Waals surface area contributed by atoms with Crippen LogP contribution in [0, 0.1) is 6.92 Å². The van der Waals surface area contributed by atoms with E-state index in [2.05, 4.69) is 10.3 Å². The maximum atomic E-state index is 11.9. The second-order valence-corrected chi connectivity index (χ2v) is 5.09. The SMILES string of the molecule is COc1ccc(C)cc1-n1cnc(C(=O)NC2CC2)c1. The van der Waals surface area contributed by atoms with Gasteiger partial charge in [0.05, 0.1) is 12.8 Å². The first-order valence-corrected chi connectivity index (χ1v) is 6.67. The third-order valence-electron chi connectivity index (χ3n) is 3.34. The van der Waals surface area contributed by atoms with Crippen LogP contribution in [0.25, 0.3) is 5.69 Å². The highest BCUT2D eigenvalue weighted by Crippen LogP contribution is 2.24. The molecule has 0 bridgehead atoms. The minimum absolute atomic E-state index is 0.113. The molecule has 0 unspecified atom stereocenters. The van der Waals surface area contributed by atoms with E-state index in [-0.39, 0.29) is 5.91 Å². The van der Waals surface area contributed by atoms with E-state index < -0.39 is 0 Å². The lowest BCUT2D eigenvalue weighted by Gasteiger charge is -2.09. The van der Waals surface area contributed by atoms with E-state index in [1.165, 1.54) is 0 Å². The molecule has 2 aromatic rings. The van der Waals surface area contributed by atoms with E-state index in [0.29, 0.717) is 11.7 Å². The Morgan fingerprint density at radius 2 is 2.25 bits per heavy atom. The quantitative estimate of drug-likeness (QED) is 0.926. The lowest BCUT2D eigenvalue weighted by atomic mass is 10.2. The topological polar surface area (TPSA) is 56.2 Å². The second kappa shape index (κ2) is 5.00. The molecule has 5 heteroatoms. The first-order chi connectivity index (χ1) is 9.67. The number of methoxy groups -OCH3 is 1. The van der Waals surface area contributed by atoms with Gasteiger partial charge in [-0.2, -0.15) is 0 Å². The first-order valence-electron chi connectivity index (χ1n) is 6.67. The smallest absolute Gasteiger partial charge is 0.271 e. The minimum Gasteiger partial charge on any atom is -0.495 e. The highest BCUT2D eigenvalue weighted by Gasteiger charge is 2.24. The van der Waals surface area contributed by atoms with Crippen LogP contribution in [-0.4, -0.2) is 28.6 Å². The van der Waals surface area contributed by atoms with E-state index in [1.807, 2.05) is 29.7 Å². The fraction of sp³-hybridized carbons (Fsp3) is 0.333. The van der Waals surface area contributed by atoms with Gasteiger partial charge in [0.25, 0.3) is 5.91 Å². The predicted molar refractivity (Wildman–Crippen MR) is 75.3 cm³/mol. The number of benzene rings is 1. The summed E-state index contributed by atoms with van der Waals surface area (Å²) in [6.07, 6.45) is 5.50. The molecule has 0 radical (unpaired) electrons. The Hall–Kier alpha value is -2.30. The molecule has 1 amide bonds. The van der Waals surface area contributed by atoms with Gasteiger partial charge in [-0.25, -0.2) is 4.98 Å². The molecule has 20 heavy (non-hydrogen) atoms. The fourth-order valence-corrected chi connectivity index (χ4v) is 2.06. The van der Waals surface area contributed by atoms with Crippen LogP contribution in [0.3, 0.4) is 0 Å². The van der Waals surface area contributed by atoms with Crippen LogP contribution < -0.4 is 10.1 Å². The Kier molecular flexibility index (Phi) is 3.18. The van der Waals surface area contributed by atoms with Crippen molar-refractivity contribution in [2.75, 3.05) is 7.11 Å². The van der Waals surface area contributed by atoms with Crippen molar-refractivity contribution < 1.29 is 9.53 Å². The maximum Gasteiger partial charge on any atom is 0.271 e. The van der Waals surface area contributed by atoms with Crippen molar-refractivity contribution in [2.45, 2.75) is 25.8 Å². The van der Waals surface area contributed by atoms with E-state index in [9.17, 15) is 4.79 Å². The van der Waals surface area contributed by atoms with Crippen LogP contribution >= 0.6 is 0 Å². The minimum atomic E-state index is -0.113. The first kappa shape index (κ1) is 12.7. The Labute approximate surface area is 117 Å². The van der Waals surface area contributed by atoms with Crippen molar-refractivity contribution in [1.29, 1.82) is 0 Å². The van der Waals surface area contributed by atoms with E-state index in [4.69, 9.17) is 4.74 Å². The van der Waals surface area contributed by atoms with Crippen LogP contribution in [0.15, 0.2) is 30.7 Å². The van der Waals surface area contributed by atoms with Crippen molar-refractivity contribution in [1.82, 2.24) is 14.9 Å². The molecule has 1 N–H and O–H groups in total. The fourth-order valence-electron chi connectivity index (χ4n) is 2.06. The molecule has 1 aliphatic carbocycles. The van der Waals surface area contributed by atoms with Crippen molar-refractivity contribution in [2.24, 2.45) is 0 Å². The molecular formula is C15H17N3O2. The number of ether oxygens (including phenoxy) is 1. The van der Waals surface area contributed by atoms with Gasteiger partial charge in [0.1, 0.15) is 17.8 Å². The molecule has 0 saturated heterocycles.